The lowest BCUT2D eigenvalue weighted by Crippen LogP contribution is -2.25. The van der Waals surface area contributed by atoms with Crippen LogP contribution in [-0.4, -0.2) is 0 Å². The first-order valence-corrected chi connectivity index (χ1v) is 12.6. The van der Waals surface area contributed by atoms with Gasteiger partial charge in [-0.15, -0.1) is 0 Å². The van der Waals surface area contributed by atoms with E-state index in [1.165, 1.54) is 50.7 Å². The van der Waals surface area contributed by atoms with Gasteiger partial charge in [0.15, 0.2) is 34.8 Å². The Hall–Kier alpha value is -2.11. The van der Waals surface area contributed by atoms with Gasteiger partial charge in [-0.2, -0.15) is 0 Å². The summed E-state index contributed by atoms with van der Waals surface area (Å²) >= 11 is 0. The first kappa shape index (κ1) is 25.0. The SMILES string of the molecule is CCCC1CCC(C2CCC(c3cc(F)c(OCc4cc(F)c(F)c(F)c4)c(F)c3)CC2)CC1. The van der Waals surface area contributed by atoms with Crippen LogP contribution in [-0.2, 0) is 6.61 Å². The summed E-state index contributed by atoms with van der Waals surface area (Å²) in [7, 11) is 0. The van der Waals surface area contributed by atoms with Gasteiger partial charge >= 0.3 is 0 Å². The van der Waals surface area contributed by atoms with Crippen molar-refractivity contribution in [2.45, 2.75) is 83.7 Å². The fourth-order valence-electron chi connectivity index (χ4n) is 6.08. The molecule has 2 aromatic rings. The zero-order valence-electron chi connectivity index (χ0n) is 19.7. The van der Waals surface area contributed by atoms with Gasteiger partial charge in [0.25, 0.3) is 0 Å². The highest BCUT2D eigenvalue weighted by molar-refractivity contribution is 5.34. The highest BCUT2D eigenvalue weighted by Gasteiger charge is 2.31. The monoisotopic (exact) mass is 480 g/mol. The molecule has 1 nitrogen and oxygen atoms in total. The number of benzene rings is 2. The smallest absolute Gasteiger partial charge is 0.194 e. The molecule has 0 radical (unpaired) electrons. The summed E-state index contributed by atoms with van der Waals surface area (Å²) in [6.07, 6.45) is 12.0. The molecule has 4 rings (SSSR count). The highest BCUT2D eigenvalue weighted by atomic mass is 19.2. The van der Waals surface area contributed by atoms with Crippen LogP contribution in [0.15, 0.2) is 24.3 Å². The largest absolute Gasteiger partial charge is 0.483 e. The van der Waals surface area contributed by atoms with Crippen LogP contribution >= 0.6 is 0 Å². The number of ether oxygens (including phenoxy) is 1. The topological polar surface area (TPSA) is 9.23 Å². The van der Waals surface area contributed by atoms with E-state index in [9.17, 15) is 22.0 Å². The second-order valence-corrected chi connectivity index (χ2v) is 10.2. The van der Waals surface area contributed by atoms with Crippen LogP contribution in [0.4, 0.5) is 22.0 Å². The van der Waals surface area contributed by atoms with Gasteiger partial charge in [-0.25, -0.2) is 22.0 Å². The lowest BCUT2D eigenvalue weighted by molar-refractivity contribution is 0.156. The molecule has 0 bridgehead atoms. The minimum Gasteiger partial charge on any atom is -0.483 e. The Morgan fingerprint density at radius 1 is 0.706 bits per heavy atom. The van der Waals surface area contributed by atoms with Gasteiger partial charge in [0.2, 0.25) is 0 Å². The van der Waals surface area contributed by atoms with Crippen molar-refractivity contribution in [3.63, 3.8) is 0 Å². The summed E-state index contributed by atoms with van der Waals surface area (Å²) in [6.45, 7) is 1.78. The molecule has 0 aromatic heterocycles. The molecule has 0 amide bonds. The van der Waals surface area contributed by atoms with Gasteiger partial charge in [0.05, 0.1) is 0 Å². The molecule has 2 fully saturated rings. The van der Waals surface area contributed by atoms with E-state index in [4.69, 9.17) is 4.74 Å². The molecular weight excluding hydrogens is 447 g/mol. The summed E-state index contributed by atoms with van der Waals surface area (Å²) in [4.78, 5) is 0. The molecule has 186 valence electrons. The van der Waals surface area contributed by atoms with Gasteiger partial charge in [0, 0.05) is 0 Å². The van der Waals surface area contributed by atoms with Crippen molar-refractivity contribution in [3.8, 4) is 5.75 Å². The Morgan fingerprint density at radius 3 is 1.76 bits per heavy atom. The van der Waals surface area contributed by atoms with Gasteiger partial charge in [-0.05, 0) is 97.6 Å². The van der Waals surface area contributed by atoms with Crippen LogP contribution in [0, 0.1) is 46.8 Å². The minimum absolute atomic E-state index is 0.0543. The summed E-state index contributed by atoms with van der Waals surface area (Å²) in [5, 5.41) is 0. The van der Waals surface area contributed by atoms with Crippen molar-refractivity contribution < 1.29 is 26.7 Å². The normalized spacial score (nSPS) is 25.4. The molecule has 0 unspecified atom stereocenters. The molecule has 2 aliphatic carbocycles. The maximum atomic E-state index is 14.7. The Kier molecular flexibility index (Phi) is 8.15. The molecule has 0 saturated heterocycles. The number of hydrogen-bond acceptors (Lipinski definition) is 1. The van der Waals surface area contributed by atoms with Crippen LogP contribution in [0.5, 0.6) is 5.75 Å². The zero-order chi connectivity index (χ0) is 24.2. The number of hydrogen-bond donors (Lipinski definition) is 0. The molecule has 0 spiro atoms. The molecule has 34 heavy (non-hydrogen) atoms. The molecule has 0 aliphatic heterocycles. The van der Waals surface area contributed by atoms with Crippen LogP contribution in [0.2, 0.25) is 0 Å². The zero-order valence-corrected chi connectivity index (χ0v) is 19.7. The second kappa shape index (κ2) is 11.1. The minimum atomic E-state index is -1.59. The molecule has 0 heterocycles. The lowest BCUT2D eigenvalue weighted by Gasteiger charge is -2.38. The third-order valence-electron chi connectivity index (χ3n) is 7.95. The lowest BCUT2D eigenvalue weighted by atomic mass is 9.68. The van der Waals surface area contributed by atoms with Gasteiger partial charge in [-0.1, -0.05) is 32.6 Å². The van der Waals surface area contributed by atoms with Crippen LogP contribution < -0.4 is 4.74 Å². The molecule has 2 aliphatic rings. The van der Waals surface area contributed by atoms with Crippen LogP contribution in [0.1, 0.15) is 88.2 Å². The molecule has 2 saturated carbocycles. The fourth-order valence-corrected chi connectivity index (χ4v) is 6.08. The van der Waals surface area contributed by atoms with Crippen LogP contribution in [0.3, 0.4) is 0 Å². The first-order chi connectivity index (χ1) is 16.4. The Bertz CT molecular complexity index is 929. The first-order valence-electron chi connectivity index (χ1n) is 12.6. The summed E-state index contributed by atoms with van der Waals surface area (Å²) in [5.74, 6) is -4.10. The summed E-state index contributed by atoms with van der Waals surface area (Å²) in [6, 6.07) is 4.12. The molecular formula is C28H33F5O. The van der Waals surface area contributed by atoms with E-state index in [0.29, 0.717) is 11.5 Å². The van der Waals surface area contributed by atoms with Crippen molar-refractivity contribution in [1.82, 2.24) is 0 Å². The molecule has 0 N–H and O–H groups in total. The molecule has 2 aromatic carbocycles. The van der Waals surface area contributed by atoms with E-state index in [1.807, 2.05) is 0 Å². The average Bonchev–Trinajstić information content (AvgIpc) is 2.82. The number of rotatable bonds is 7. The van der Waals surface area contributed by atoms with Gasteiger partial charge < -0.3 is 4.74 Å². The van der Waals surface area contributed by atoms with E-state index >= 15 is 0 Å². The predicted octanol–water partition coefficient (Wildman–Crippen LogP) is 8.84. The Labute approximate surface area is 198 Å². The fraction of sp³-hybridized carbons (Fsp3) is 0.571. The average molecular weight is 481 g/mol. The molecule has 0 atom stereocenters. The van der Waals surface area contributed by atoms with Crippen LogP contribution in [0.25, 0.3) is 0 Å². The van der Waals surface area contributed by atoms with Crippen molar-refractivity contribution in [2.24, 2.45) is 17.8 Å². The second-order valence-electron chi connectivity index (χ2n) is 10.2. The third kappa shape index (κ3) is 5.75. The summed E-state index contributed by atoms with van der Waals surface area (Å²) in [5.41, 5.74) is 0.577. The van der Waals surface area contributed by atoms with E-state index < -0.39 is 41.4 Å². The van der Waals surface area contributed by atoms with E-state index in [-0.39, 0.29) is 11.5 Å². The van der Waals surface area contributed by atoms with Crippen molar-refractivity contribution in [3.05, 3.63) is 64.5 Å². The van der Waals surface area contributed by atoms with E-state index in [0.717, 1.165) is 49.7 Å². The van der Waals surface area contributed by atoms with E-state index in [2.05, 4.69) is 6.92 Å². The molecule has 6 heteroatoms. The Balaban J connectivity index is 1.33. The quantitative estimate of drug-likeness (QED) is 0.284. The van der Waals surface area contributed by atoms with Gasteiger partial charge in [-0.3, -0.25) is 0 Å². The third-order valence-corrected chi connectivity index (χ3v) is 7.95. The Morgan fingerprint density at radius 2 is 1.24 bits per heavy atom. The van der Waals surface area contributed by atoms with Crippen molar-refractivity contribution in [2.75, 3.05) is 0 Å². The van der Waals surface area contributed by atoms with Gasteiger partial charge in [0.1, 0.15) is 6.61 Å². The van der Waals surface area contributed by atoms with Crippen molar-refractivity contribution in [1.29, 1.82) is 0 Å². The van der Waals surface area contributed by atoms with E-state index in [1.54, 1.807) is 0 Å². The van der Waals surface area contributed by atoms with Crippen molar-refractivity contribution >= 4 is 0 Å². The summed E-state index contributed by atoms with van der Waals surface area (Å²) < 4.78 is 74.3. The predicted molar refractivity (Wildman–Crippen MR) is 122 cm³/mol. The standard InChI is InChI=1S/C28H33F5O/c1-2-3-17-4-6-19(7-5-17)20-8-10-21(11-9-20)22-14-25(31)28(26(32)15-22)34-16-18-12-23(29)27(33)24(30)13-18/h12-15,17,19-21H,2-11,16H2,1H3. The maximum Gasteiger partial charge on any atom is 0.194 e. The number of halogens is 5. The highest BCUT2D eigenvalue weighted by Crippen LogP contribution is 2.45. The maximum absolute atomic E-state index is 14.7.